The molecule has 0 unspecified atom stereocenters. The van der Waals surface area contributed by atoms with E-state index in [4.69, 9.17) is 4.74 Å². The molecule has 0 aliphatic heterocycles. The highest BCUT2D eigenvalue weighted by molar-refractivity contribution is 5.69. The Balaban J connectivity index is 0.00000256. The lowest BCUT2D eigenvalue weighted by atomic mass is 10.1. The SMILES string of the molecule is CNC(=O)Oc1cccc(CC[NH+](C)C)c1.[Cl-]. The van der Waals surface area contributed by atoms with Gasteiger partial charge < -0.3 is 27.4 Å². The predicted octanol–water partition coefficient (Wildman–Crippen LogP) is -2.90. The number of hydrogen-bond acceptors (Lipinski definition) is 2. The van der Waals surface area contributed by atoms with Crippen LogP contribution in [0.1, 0.15) is 5.56 Å². The Morgan fingerprint density at radius 3 is 2.71 bits per heavy atom. The van der Waals surface area contributed by atoms with E-state index < -0.39 is 6.09 Å². The number of carbonyl (C=O) groups is 1. The van der Waals surface area contributed by atoms with Crippen LogP contribution in [0.3, 0.4) is 0 Å². The molecular weight excluding hydrogens is 240 g/mol. The van der Waals surface area contributed by atoms with E-state index in [1.807, 2.05) is 18.2 Å². The largest absolute Gasteiger partial charge is 1.00 e. The molecule has 1 rings (SSSR count). The van der Waals surface area contributed by atoms with Crippen LogP contribution in [0.25, 0.3) is 0 Å². The summed E-state index contributed by atoms with van der Waals surface area (Å²) in [6, 6.07) is 7.62. The molecule has 17 heavy (non-hydrogen) atoms. The van der Waals surface area contributed by atoms with Crippen molar-refractivity contribution >= 4 is 6.09 Å². The van der Waals surface area contributed by atoms with E-state index in [0.717, 1.165) is 13.0 Å². The summed E-state index contributed by atoms with van der Waals surface area (Å²) in [5.74, 6) is 0.589. The maximum Gasteiger partial charge on any atom is 0.412 e. The summed E-state index contributed by atoms with van der Waals surface area (Å²) in [4.78, 5) is 12.4. The lowest BCUT2D eigenvalue weighted by molar-refractivity contribution is -0.858. The molecule has 1 amide bonds. The summed E-state index contributed by atoms with van der Waals surface area (Å²) < 4.78 is 5.05. The Morgan fingerprint density at radius 1 is 1.41 bits per heavy atom. The van der Waals surface area contributed by atoms with Gasteiger partial charge in [-0.3, -0.25) is 0 Å². The van der Waals surface area contributed by atoms with Gasteiger partial charge in [0.15, 0.2) is 0 Å². The molecule has 4 nitrogen and oxygen atoms in total. The summed E-state index contributed by atoms with van der Waals surface area (Å²) in [5, 5.41) is 2.42. The van der Waals surface area contributed by atoms with Crippen molar-refractivity contribution in [1.29, 1.82) is 0 Å². The second-order valence-electron chi connectivity index (χ2n) is 3.99. The van der Waals surface area contributed by atoms with Gasteiger partial charge in [-0.15, -0.1) is 0 Å². The van der Waals surface area contributed by atoms with E-state index in [0.29, 0.717) is 5.75 Å². The van der Waals surface area contributed by atoms with Crippen molar-refractivity contribution in [2.75, 3.05) is 27.7 Å². The van der Waals surface area contributed by atoms with Crippen molar-refractivity contribution in [3.05, 3.63) is 29.8 Å². The van der Waals surface area contributed by atoms with Crippen LogP contribution in [0, 0.1) is 0 Å². The third kappa shape index (κ3) is 6.14. The molecule has 0 bridgehead atoms. The minimum Gasteiger partial charge on any atom is -1.00 e. The zero-order valence-corrected chi connectivity index (χ0v) is 11.2. The Bertz CT molecular complexity index is 356. The van der Waals surface area contributed by atoms with E-state index in [1.54, 1.807) is 13.1 Å². The number of carbonyl (C=O) groups excluding carboxylic acids is 1. The number of halogens is 1. The van der Waals surface area contributed by atoms with Crippen LogP contribution in [-0.2, 0) is 6.42 Å². The number of rotatable bonds is 4. The molecule has 0 aliphatic carbocycles. The van der Waals surface area contributed by atoms with Gasteiger partial charge in [-0.1, -0.05) is 12.1 Å². The lowest BCUT2D eigenvalue weighted by Crippen LogP contribution is -3.05. The third-order valence-electron chi connectivity index (χ3n) is 2.23. The van der Waals surface area contributed by atoms with Crippen LogP contribution >= 0.6 is 0 Å². The zero-order chi connectivity index (χ0) is 12.0. The number of hydrogen-bond donors (Lipinski definition) is 2. The first-order valence-corrected chi connectivity index (χ1v) is 5.39. The molecule has 0 saturated heterocycles. The number of ether oxygens (including phenoxy) is 1. The first kappa shape index (κ1) is 15.7. The molecule has 0 aromatic heterocycles. The second kappa shape index (κ2) is 7.92. The minimum absolute atomic E-state index is 0. The molecule has 0 aliphatic rings. The fraction of sp³-hybridized carbons (Fsp3) is 0.417. The highest BCUT2D eigenvalue weighted by Gasteiger charge is 2.03. The molecule has 0 fully saturated rings. The van der Waals surface area contributed by atoms with Crippen molar-refractivity contribution in [2.45, 2.75) is 6.42 Å². The minimum atomic E-state index is -0.435. The summed E-state index contributed by atoms with van der Waals surface area (Å²) in [6.45, 7) is 1.06. The second-order valence-corrected chi connectivity index (χ2v) is 3.99. The number of likely N-dealkylation sites (N-methyl/N-ethyl adjacent to an activating group) is 1. The van der Waals surface area contributed by atoms with E-state index in [2.05, 4.69) is 19.4 Å². The number of quaternary nitrogens is 1. The molecule has 96 valence electrons. The summed E-state index contributed by atoms with van der Waals surface area (Å²) in [5.41, 5.74) is 1.18. The molecule has 2 N–H and O–H groups in total. The molecule has 1 aromatic rings. The summed E-state index contributed by atoms with van der Waals surface area (Å²) in [6.07, 6.45) is 0.545. The number of nitrogens with one attached hydrogen (secondary N) is 2. The Morgan fingerprint density at radius 2 is 2.12 bits per heavy atom. The van der Waals surface area contributed by atoms with E-state index in [1.165, 1.54) is 10.5 Å². The highest BCUT2D eigenvalue weighted by Crippen LogP contribution is 2.13. The van der Waals surface area contributed by atoms with Gasteiger partial charge in [-0.2, -0.15) is 0 Å². The Kier molecular flexibility index (Phi) is 7.34. The normalized spacial score (nSPS) is 9.65. The molecule has 1 aromatic carbocycles. The van der Waals surface area contributed by atoms with Crippen molar-refractivity contribution in [3.63, 3.8) is 0 Å². The maximum absolute atomic E-state index is 11.0. The van der Waals surface area contributed by atoms with Crippen molar-refractivity contribution in [3.8, 4) is 5.75 Å². The van der Waals surface area contributed by atoms with Crippen LogP contribution in [-0.4, -0.2) is 33.8 Å². The molecule has 0 heterocycles. The van der Waals surface area contributed by atoms with E-state index >= 15 is 0 Å². The Hall–Kier alpha value is -1.26. The predicted molar refractivity (Wildman–Crippen MR) is 62.9 cm³/mol. The quantitative estimate of drug-likeness (QED) is 0.609. The van der Waals surface area contributed by atoms with Crippen LogP contribution in [0.5, 0.6) is 5.75 Å². The lowest BCUT2D eigenvalue weighted by Gasteiger charge is -2.08. The van der Waals surface area contributed by atoms with Gasteiger partial charge in [-0.25, -0.2) is 4.79 Å². The van der Waals surface area contributed by atoms with Gasteiger partial charge in [0, 0.05) is 13.5 Å². The van der Waals surface area contributed by atoms with Crippen molar-refractivity contribution in [2.24, 2.45) is 0 Å². The third-order valence-corrected chi connectivity index (χ3v) is 2.23. The highest BCUT2D eigenvalue weighted by atomic mass is 35.5. The smallest absolute Gasteiger partial charge is 0.412 e. The standard InChI is InChI=1S/C12H18N2O2.ClH/c1-13-12(15)16-11-6-4-5-10(9-11)7-8-14(2)3;/h4-6,9H,7-8H2,1-3H3,(H,13,15);1H. The average Bonchev–Trinajstić information content (AvgIpc) is 2.26. The first-order valence-electron chi connectivity index (χ1n) is 5.39. The van der Waals surface area contributed by atoms with Gasteiger partial charge in [0.25, 0.3) is 0 Å². The molecule has 0 radical (unpaired) electrons. The summed E-state index contributed by atoms with van der Waals surface area (Å²) in [7, 11) is 5.78. The van der Waals surface area contributed by atoms with Gasteiger partial charge in [-0.05, 0) is 17.7 Å². The van der Waals surface area contributed by atoms with E-state index in [-0.39, 0.29) is 12.4 Å². The fourth-order valence-corrected chi connectivity index (χ4v) is 1.32. The summed E-state index contributed by atoms with van der Waals surface area (Å²) >= 11 is 0. The topological polar surface area (TPSA) is 42.8 Å². The molecule has 0 atom stereocenters. The van der Waals surface area contributed by atoms with Crippen LogP contribution < -0.4 is 27.4 Å². The molecule has 0 spiro atoms. The van der Waals surface area contributed by atoms with Gasteiger partial charge in [0.2, 0.25) is 0 Å². The van der Waals surface area contributed by atoms with Gasteiger partial charge >= 0.3 is 6.09 Å². The zero-order valence-electron chi connectivity index (χ0n) is 10.4. The molecule has 0 saturated carbocycles. The van der Waals surface area contributed by atoms with Crippen molar-refractivity contribution < 1.29 is 26.8 Å². The number of amides is 1. The van der Waals surface area contributed by atoms with Crippen LogP contribution in [0.4, 0.5) is 4.79 Å². The average molecular weight is 259 g/mol. The van der Waals surface area contributed by atoms with Gasteiger partial charge in [0.05, 0.1) is 20.6 Å². The van der Waals surface area contributed by atoms with Crippen LogP contribution in [0.2, 0.25) is 0 Å². The molecule has 5 heteroatoms. The fourth-order valence-electron chi connectivity index (χ4n) is 1.32. The molecular formula is C12H19ClN2O2. The Labute approximate surface area is 108 Å². The van der Waals surface area contributed by atoms with E-state index in [9.17, 15) is 4.79 Å². The maximum atomic E-state index is 11.0. The van der Waals surface area contributed by atoms with Gasteiger partial charge in [0.1, 0.15) is 5.75 Å². The van der Waals surface area contributed by atoms with Crippen molar-refractivity contribution in [1.82, 2.24) is 5.32 Å². The number of benzene rings is 1. The van der Waals surface area contributed by atoms with Crippen LogP contribution in [0.15, 0.2) is 24.3 Å². The monoisotopic (exact) mass is 258 g/mol. The first-order chi connectivity index (χ1) is 7.61.